The number of nitrogens with zero attached hydrogens (tertiary/aromatic N) is 7. The first kappa shape index (κ1) is 34.2. The minimum absolute atomic E-state index is 0. The van der Waals surface area contributed by atoms with Crippen molar-refractivity contribution >= 4 is 59.2 Å². The predicted molar refractivity (Wildman–Crippen MR) is 150 cm³/mol. The number of amides is 6. The second-order valence-electron chi connectivity index (χ2n) is 9.83. The van der Waals surface area contributed by atoms with Crippen molar-refractivity contribution in [2.45, 2.75) is 29.5 Å². The Morgan fingerprint density at radius 3 is 2.49 bits per heavy atom. The molecule has 17 nitrogen and oxygen atoms in total. The number of aromatic nitrogens is 4. The number of nitrogens with one attached hydrogen (secondary N) is 2. The molecule has 6 amide bonds. The maximum absolute atomic E-state index is 13.5. The third-order valence-corrected chi connectivity index (χ3v) is 9.62. The summed E-state index contributed by atoms with van der Waals surface area (Å²) in [6.07, 6.45) is 0. The van der Waals surface area contributed by atoms with E-state index in [4.69, 9.17) is 0 Å². The van der Waals surface area contributed by atoms with Crippen LogP contribution in [0.15, 0.2) is 40.7 Å². The van der Waals surface area contributed by atoms with Gasteiger partial charge in [0.05, 0.1) is 11.7 Å². The van der Waals surface area contributed by atoms with Gasteiger partial charge in [-0.15, -0.1) is 16.9 Å². The zero-order chi connectivity index (χ0) is 31.7. The molecular formula is C25H26N9NaO8S2. The number of carboxylic acids is 1. The number of thioether (sulfide) groups is 2. The molecule has 3 aliphatic rings. The smallest absolute Gasteiger partial charge is 0.543 e. The van der Waals surface area contributed by atoms with Gasteiger partial charge >= 0.3 is 47.4 Å². The Labute approximate surface area is 286 Å². The molecule has 4 heterocycles. The summed E-state index contributed by atoms with van der Waals surface area (Å²) in [5, 5.41) is 37.7. The van der Waals surface area contributed by atoms with E-state index in [0.29, 0.717) is 22.2 Å². The number of tetrazole rings is 1. The normalized spacial score (nSPS) is 20.2. The number of aromatic hydroxyl groups is 1. The van der Waals surface area contributed by atoms with E-state index in [1.807, 2.05) is 0 Å². The van der Waals surface area contributed by atoms with Gasteiger partial charge < -0.3 is 30.5 Å². The van der Waals surface area contributed by atoms with Gasteiger partial charge in [-0.05, 0) is 40.6 Å². The van der Waals surface area contributed by atoms with Crippen molar-refractivity contribution in [3.05, 3.63) is 41.1 Å². The summed E-state index contributed by atoms with van der Waals surface area (Å²) in [7, 11) is 1.63. The third kappa shape index (κ3) is 6.81. The average molecular weight is 668 g/mol. The molecule has 5 rings (SSSR count). The number of rotatable bonds is 9. The first-order chi connectivity index (χ1) is 21.0. The molecule has 2 fully saturated rings. The molecule has 45 heavy (non-hydrogen) atoms. The number of aliphatic carboxylic acids is 1. The molecule has 1 aromatic heterocycles. The van der Waals surface area contributed by atoms with E-state index < -0.39 is 53.1 Å². The Morgan fingerprint density at radius 2 is 1.87 bits per heavy atom. The molecule has 0 aliphatic carbocycles. The molecule has 20 heteroatoms. The van der Waals surface area contributed by atoms with Gasteiger partial charge in [0.2, 0.25) is 11.1 Å². The molecule has 0 radical (unpaired) electrons. The molecule has 1 aromatic carbocycles. The van der Waals surface area contributed by atoms with Crippen molar-refractivity contribution < 1.29 is 68.5 Å². The fraction of sp³-hybridized carbons (Fsp3) is 0.400. The standard InChI is InChI=1S/C25H27N9O8S2.Na/c1-3-32-8-9-33(21(39)20(32)38)24(42)27-15(12-4-6-14(35)7-5-12)18(36)26-16-19(37)34-17(23(40)41)13(10-43-22(16)34)11-44-25-28-29-30-31(25)2;/h4-7,15-16,22,35H,3,8-11H2,1-2H3,(H,26,36)(H,27,42)(H,40,41);/q;+1/p-1/t15?,16-,22-;/m1./s1. The number of hydrogen-bond donors (Lipinski definition) is 3. The molecule has 0 saturated carbocycles. The largest absolute Gasteiger partial charge is 1.00 e. The second kappa shape index (κ2) is 14.2. The van der Waals surface area contributed by atoms with Crippen molar-refractivity contribution in [2.75, 3.05) is 31.1 Å². The van der Waals surface area contributed by atoms with Crippen molar-refractivity contribution in [2.24, 2.45) is 7.05 Å². The Balaban J connectivity index is 0.00000461. The van der Waals surface area contributed by atoms with Gasteiger partial charge in [-0.2, -0.15) is 0 Å². The Bertz CT molecular complexity index is 1570. The topological polar surface area (TPSA) is 223 Å². The first-order valence-corrected chi connectivity index (χ1v) is 15.3. The quantitative estimate of drug-likeness (QED) is 0.0984. The number of β-lactam (4-membered cyclic amide) rings is 1. The Kier molecular flexibility index (Phi) is 10.8. The van der Waals surface area contributed by atoms with Gasteiger partial charge in [-0.3, -0.25) is 29.0 Å². The van der Waals surface area contributed by atoms with Crippen molar-refractivity contribution in [1.82, 2.24) is 45.5 Å². The summed E-state index contributed by atoms with van der Waals surface area (Å²) in [5.74, 6) is -4.66. The first-order valence-electron chi connectivity index (χ1n) is 13.3. The van der Waals surface area contributed by atoms with Gasteiger partial charge in [-0.25, -0.2) is 9.48 Å². The molecule has 2 saturated heterocycles. The molecule has 3 aliphatic heterocycles. The summed E-state index contributed by atoms with van der Waals surface area (Å²) in [6, 6.07) is 1.76. The average Bonchev–Trinajstić information content (AvgIpc) is 3.42. The number of benzene rings is 1. The van der Waals surface area contributed by atoms with Gasteiger partial charge in [0.15, 0.2) is 0 Å². The number of urea groups is 1. The van der Waals surface area contributed by atoms with Gasteiger partial charge in [0.1, 0.15) is 23.2 Å². The molecule has 1 unspecified atom stereocenters. The van der Waals surface area contributed by atoms with E-state index in [-0.39, 0.29) is 71.2 Å². The van der Waals surface area contributed by atoms with Crippen molar-refractivity contribution in [3.8, 4) is 5.75 Å². The number of carbonyl (C=O) groups is 6. The second-order valence-corrected chi connectivity index (χ2v) is 11.9. The summed E-state index contributed by atoms with van der Waals surface area (Å²) in [4.78, 5) is 79.9. The van der Waals surface area contributed by atoms with E-state index in [1.165, 1.54) is 57.4 Å². The number of piperazine rings is 1. The summed E-state index contributed by atoms with van der Waals surface area (Å²) < 4.78 is 1.42. The van der Waals surface area contributed by atoms with Crippen LogP contribution in [0, 0.1) is 0 Å². The SMILES string of the molecule is CCN1CCN(C(=O)NC(C(=O)N[C@@H]2C(=O)N3C(C(=O)[O-])=C(CSc4nnnn4C)CS[C@H]23)c2ccc(O)cc2)C(=O)C1=O.[Na+]. The van der Waals surface area contributed by atoms with E-state index >= 15 is 0 Å². The maximum atomic E-state index is 13.5. The molecule has 3 N–H and O–H groups in total. The van der Waals surface area contributed by atoms with E-state index in [0.717, 1.165) is 4.90 Å². The number of likely N-dealkylation sites (N-methyl/N-ethyl adjacent to an activating group) is 1. The Morgan fingerprint density at radius 1 is 1.16 bits per heavy atom. The van der Waals surface area contributed by atoms with Crippen molar-refractivity contribution in [1.29, 1.82) is 0 Å². The molecule has 232 valence electrons. The summed E-state index contributed by atoms with van der Waals surface area (Å²) in [5.41, 5.74) is 0.353. The number of hydrogen-bond acceptors (Lipinski definition) is 13. The van der Waals surface area contributed by atoms with Crippen LogP contribution in [0.2, 0.25) is 0 Å². The number of phenolic OH excluding ortho intramolecular Hbond substituents is 1. The minimum Gasteiger partial charge on any atom is -0.543 e. The molecule has 0 bridgehead atoms. The Hall–Kier alpha value is -3.65. The van der Waals surface area contributed by atoms with Gasteiger partial charge in [0.25, 0.3) is 5.91 Å². The van der Waals surface area contributed by atoms with Crippen LogP contribution in [0.25, 0.3) is 0 Å². The summed E-state index contributed by atoms with van der Waals surface area (Å²) >= 11 is 2.43. The number of imide groups is 1. The van der Waals surface area contributed by atoms with Crippen LogP contribution in [-0.4, -0.2) is 118 Å². The number of fused-ring (bicyclic) bond motifs is 1. The van der Waals surface area contributed by atoms with Crippen LogP contribution in [0.3, 0.4) is 0 Å². The zero-order valence-corrected chi connectivity index (χ0v) is 28.0. The van der Waals surface area contributed by atoms with Gasteiger partial charge in [0, 0.05) is 38.2 Å². The van der Waals surface area contributed by atoms with Crippen molar-refractivity contribution in [3.63, 3.8) is 0 Å². The summed E-state index contributed by atoms with van der Waals surface area (Å²) in [6.45, 7) is 2.02. The van der Waals surface area contributed by atoms with Crippen LogP contribution < -0.4 is 45.3 Å². The van der Waals surface area contributed by atoms with E-state index in [9.17, 15) is 39.0 Å². The molecular weight excluding hydrogens is 641 g/mol. The molecule has 0 spiro atoms. The minimum atomic E-state index is -1.54. The van der Waals surface area contributed by atoms with Gasteiger partial charge in [-0.1, -0.05) is 23.9 Å². The predicted octanol–water partition coefficient (Wildman–Crippen LogP) is -5.44. The van der Waals surface area contributed by atoms with Crippen LogP contribution >= 0.6 is 23.5 Å². The number of carbonyl (C=O) groups excluding carboxylic acids is 6. The van der Waals surface area contributed by atoms with E-state index in [1.54, 1.807) is 14.0 Å². The van der Waals surface area contributed by atoms with Crippen LogP contribution in [0.4, 0.5) is 4.79 Å². The maximum Gasteiger partial charge on any atom is 1.00 e. The van der Waals surface area contributed by atoms with Crippen LogP contribution in [0.1, 0.15) is 18.5 Å². The monoisotopic (exact) mass is 667 g/mol. The fourth-order valence-corrected chi connectivity index (χ4v) is 7.19. The third-order valence-electron chi connectivity index (χ3n) is 7.19. The number of phenols is 1. The number of carboxylic acid groups (broad SMARTS) is 1. The zero-order valence-electron chi connectivity index (χ0n) is 24.3. The van der Waals surface area contributed by atoms with Crippen LogP contribution in [-0.2, 0) is 31.0 Å². The van der Waals surface area contributed by atoms with E-state index in [2.05, 4.69) is 26.2 Å². The fourth-order valence-electron chi connectivity index (χ4n) is 4.85. The molecule has 3 atom stereocenters. The molecule has 2 aromatic rings. The van der Waals surface area contributed by atoms with Crippen LogP contribution in [0.5, 0.6) is 5.75 Å². The number of aryl methyl sites for hydroxylation is 1.